The number of aromatic nitrogens is 2. The summed E-state index contributed by atoms with van der Waals surface area (Å²) in [4.78, 5) is 29.2. The van der Waals surface area contributed by atoms with E-state index in [0.717, 1.165) is 73.8 Å². The number of carbonyl (C=O) groups is 1. The van der Waals surface area contributed by atoms with Crippen molar-refractivity contribution < 1.29 is 4.79 Å². The van der Waals surface area contributed by atoms with Crippen molar-refractivity contribution in [2.75, 3.05) is 56.9 Å². The second-order valence-electron chi connectivity index (χ2n) is 8.70. The number of rotatable bonds is 7. The van der Waals surface area contributed by atoms with Crippen LogP contribution in [-0.2, 0) is 11.3 Å². The van der Waals surface area contributed by atoms with Crippen LogP contribution in [0.15, 0.2) is 31.0 Å². The van der Waals surface area contributed by atoms with Gasteiger partial charge in [0.25, 0.3) is 0 Å². The molecule has 2 saturated heterocycles. The Bertz CT molecular complexity index is 938. The van der Waals surface area contributed by atoms with Crippen molar-refractivity contribution in [2.45, 2.75) is 32.4 Å². The highest BCUT2D eigenvalue weighted by Crippen LogP contribution is 2.25. The van der Waals surface area contributed by atoms with E-state index in [1.165, 1.54) is 11.6 Å². The normalized spacial score (nSPS) is 20.2. The molecular weight excluding hydrogens is 422 g/mol. The third-order valence-electron chi connectivity index (χ3n) is 6.00. The van der Waals surface area contributed by atoms with Gasteiger partial charge in [-0.25, -0.2) is 9.97 Å². The van der Waals surface area contributed by atoms with Gasteiger partial charge < -0.3 is 20.4 Å². The molecule has 0 saturated carbocycles. The SMILES string of the molecule is C=CC(=O)N1CCC[C@H](Nc2cc(CN3CCN(C)CC3)cc(Nc3ncc(C)s3)n2)C1. The molecule has 2 N–H and O–H groups in total. The predicted molar refractivity (Wildman–Crippen MR) is 131 cm³/mol. The number of nitrogens with one attached hydrogen (secondary N) is 2. The predicted octanol–water partition coefficient (Wildman–Crippen LogP) is 2.93. The summed E-state index contributed by atoms with van der Waals surface area (Å²) in [7, 11) is 2.18. The van der Waals surface area contributed by atoms with Crippen LogP contribution >= 0.6 is 11.3 Å². The molecule has 4 rings (SSSR count). The quantitative estimate of drug-likeness (QED) is 0.622. The average Bonchev–Trinajstić information content (AvgIpc) is 3.19. The second-order valence-corrected chi connectivity index (χ2v) is 9.93. The highest BCUT2D eigenvalue weighted by molar-refractivity contribution is 7.15. The van der Waals surface area contributed by atoms with Gasteiger partial charge in [0.05, 0.1) is 0 Å². The number of pyridine rings is 1. The number of amides is 1. The summed E-state index contributed by atoms with van der Waals surface area (Å²) >= 11 is 1.62. The zero-order chi connectivity index (χ0) is 22.5. The fraction of sp³-hybridized carbons (Fsp3) is 0.522. The van der Waals surface area contributed by atoms with E-state index in [0.29, 0.717) is 6.54 Å². The minimum atomic E-state index is -0.00484. The molecule has 2 aliphatic heterocycles. The van der Waals surface area contributed by atoms with Crippen LogP contribution in [0, 0.1) is 6.92 Å². The molecule has 2 aromatic rings. The first-order chi connectivity index (χ1) is 15.5. The fourth-order valence-electron chi connectivity index (χ4n) is 4.24. The van der Waals surface area contributed by atoms with Gasteiger partial charge in [0.1, 0.15) is 11.6 Å². The number of aryl methyl sites for hydroxylation is 1. The van der Waals surface area contributed by atoms with Crippen LogP contribution in [0.5, 0.6) is 0 Å². The van der Waals surface area contributed by atoms with Crippen molar-refractivity contribution in [3.8, 4) is 0 Å². The number of likely N-dealkylation sites (tertiary alicyclic amines) is 1. The van der Waals surface area contributed by atoms with Gasteiger partial charge >= 0.3 is 0 Å². The number of carbonyl (C=O) groups excluding carboxylic acids is 1. The van der Waals surface area contributed by atoms with Crippen LogP contribution in [0.4, 0.5) is 16.8 Å². The average molecular weight is 456 g/mol. The lowest BCUT2D eigenvalue weighted by atomic mass is 10.1. The molecule has 0 aromatic carbocycles. The van der Waals surface area contributed by atoms with E-state index in [2.05, 4.69) is 51.2 Å². The Kier molecular flexibility index (Phi) is 7.39. The molecule has 0 spiro atoms. The summed E-state index contributed by atoms with van der Waals surface area (Å²) < 4.78 is 0. The van der Waals surface area contributed by atoms with E-state index in [1.807, 2.05) is 18.0 Å². The van der Waals surface area contributed by atoms with E-state index in [9.17, 15) is 4.79 Å². The Morgan fingerprint density at radius 2 is 2.03 bits per heavy atom. The van der Waals surface area contributed by atoms with E-state index in [1.54, 1.807) is 11.3 Å². The maximum atomic E-state index is 12.1. The summed E-state index contributed by atoms with van der Waals surface area (Å²) in [6.07, 6.45) is 5.25. The van der Waals surface area contributed by atoms with Crippen molar-refractivity contribution in [3.63, 3.8) is 0 Å². The number of nitrogens with zero attached hydrogens (tertiary/aromatic N) is 5. The van der Waals surface area contributed by atoms with Gasteiger partial charge in [-0.2, -0.15) is 0 Å². The van der Waals surface area contributed by atoms with Crippen molar-refractivity contribution in [1.82, 2.24) is 24.7 Å². The molecule has 32 heavy (non-hydrogen) atoms. The van der Waals surface area contributed by atoms with Crippen molar-refractivity contribution in [3.05, 3.63) is 41.4 Å². The lowest BCUT2D eigenvalue weighted by Gasteiger charge is -2.33. The summed E-state index contributed by atoms with van der Waals surface area (Å²) in [5, 5.41) is 7.80. The molecule has 2 aromatic heterocycles. The minimum Gasteiger partial charge on any atom is -0.365 e. The van der Waals surface area contributed by atoms with Crippen molar-refractivity contribution >= 4 is 34.0 Å². The number of piperidine rings is 1. The maximum absolute atomic E-state index is 12.1. The van der Waals surface area contributed by atoms with Gasteiger partial charge in [0.15, 0.2) is 5.13 Å². The summed E-state index contributed by atoms with van der Waals surface area (Å²) in [6.45, 7) is 12.3. The van der Waals surface area contributed by atoms with Crippen LogP contribution in [0.25, 0.3) is 0 Å². The fourth-order valence-corrected chi connectivity index (χ4v) is 4.91. The van der Waals surface area contributed by atoms with Crippen LogP contribution in [0.1, 0.15) is 23.3 Å². The first-order valence-corrected chi connectivity index (χ1v) is 12.1. The van der Waals surface area contributed by atoms with Crippen LogP contribution < -0.4 is 10.6 Å². The summed E-state index contributed by atoms with van der Waals surface area (Å²) in [6, 6.07) is 4.44. The van der Waals surface area contributed by atoms with Crippen LogP contribution in [0.2, 0.25) is 0 Å². The molecule has 2 aliphatic rings. The monoisotopic (exact) mass is 455 g/mol. The molecule has 0 unspecified atom stereocenters. The van der Waals surface area contributed by atoms with Gasteiger partial charge in [-0.3, -0.25) is 9.69 Å². The molecule has 1 atom stereocenters. The third kappa shape index (κ3) is 6.05. The molecule has 0 radical (unpaired) electrons. The molecule has 2 fully saturated rings. The Labute approximate surface area is 194 Å². The minimum absolute atomic E-state index is 0.00484. The van der Waals surface area contributed by atoms with E-state index < -0.39 is 0 Å². The van der Waals surface area contributed by atoms with Crippen LogP contribution in [0.3, 0.4) is 0 Å². The lowest BCUT2D eigenvalue weighted by molar-refractivity contribution is -0.127. The number of hydrogen-bond acceptors (Lipinski definition) is 8. The number of hydrogen-bond donors (Lipinski definition) is 2. The molecule has 0 aliphatic carbocycles. The zero-order valence-electron chi connectivity index (χ0n) is 19.0. The maximum Gasteiger partial charge on any atom is 0.246 e. The molecule has 9 heteroatoms. The van der Waals surface area contributed by atoms with Gasteiger partial charge in [-0.15, -0.1) is 11.3 Å². The highest BCUT2D eigenvalue weighted by atomic mass is 32.1. The van der Waals surface area contributed by atoms with E-state index in [-0.39, 0.29) is 11.9 Å². The van der Waals surface area contributed by atoms with Crippen LogP contribution in [-0.4, -0.2) is 82.9 Å². The molecular formula is C23H33N7OS. The molecule has 4 heterocycles. The standard InChI is InChI=1S/C23H33N7OS/c1-4-22(31)30-7-5-6-19(16-30)25-20-12-18(15-29-10-8-28(3)9-11-29)13-21(26-20)27-23-24-14-17(2)32-23/h4,12-14,19H,1,5-11,15-16H2,2-3H3,(H2,24,25,26,27)/t19-/m0/s1. The van der Waals surface area contributed by atoms with E-state index >= 15 is 0 Å². The van der Waals surface area contributed by atoms with Crippen molar-refractivity contribution in [2.24, 2.45) is 0 Å². The van der Waals surface area contributed by atoms with E-state index in [4.69, 9.17) is 4.98 Å². The van der Waals surface area contributed by atoms with Gasteiger partial charge in [0.2, 0.25) is 5.91 Å². The van der Waals surface area contributed by atoms with Gasteiger partial charge in [-0.1, -0.05) is 6.58 Å². The Morgan fingerprint density at radius 3 is 2.75 bits per heavy atom. The molecule has 172 valence electrons. The number of piperazine rings is 1. The second kappa shape index (κ2) is 10.4. The smallest absolute Gasteiger partial charge is 0.246 e. The number of thiazole rings is 1. The first-order valence-electron chi connectivity index (χ1n) is 11.3. The number of likely N-dealkylation sites (N-methyl/N-ethyl adjacent to an activating group) is 1. The third-order valence-corrected chi connectivity index (χ3v) is 6.83. The highest BCUT2D eigenvalue weighted by Gasteiger charge is 2.23. The van der Waals surface area contributed by atoms with Gasteiger partial charge in [-0.05, 0) is 50.6 Å². The zero-order valence-corrected chi connectivity index (χ0v) is 19.8. The largest absolute Gasteiger partial charge is 0.365 e. The number of anilines is 3. The van der Waals surface area contributed by atoms with Crippen molar-refractivity contribution in [1.29, 1.82) is 0 Å². The summed E-state index contributed by atoms with van der Waals surface area (Å²) in [5.74, 6) is 1.63. The first kappa shape index (κ1) is 22.7. The molecule has 8 nitrogen and oxygen atoms in total. The Morgan fingerprint density at radius 1 is 1.25 bits per heavy atom. The molecule has 1 amide bonds. The topological polar surface area (TPSA) is 76.6 Å². The van der Waals surface area contributed by atoms with Gasteiger partial charge in [0, 0.05) is 62.9 Å². The Balaban J connectivity index is 1.51. The lowest BCUT2D eigenvalue weighted by Crippen LogP contribution is -2.44. The Hall–Kier alpha value is -2.49. The molecule has 0 bridgehead atoms. The summed E-state index contributed by atoms with van der Waals surface area (Å²) in [5.41, 5.74) is 1.22.